The van der Waals surface area contributed by atoms with E-state index in [2.05, 4.69) is 5.32 Å². The van der Waals surface area contributed by atoms with Gasteiger partial charge in [0.05, 0.1) is 17.7 Å². The molecule has 0 saturated heterocycles. The van der Waals surface area contributed by atoms with Crippen molar-refractivity contribution in [2.24, 2.45) is 0 Å². The van der Waals surface area contributed by atoms with E-state index in [1.165, 1.54) is 19.1 Å². The lowest BCUT2D eigenvalue weighted by atomic mass is 10.1. The first-order chi connectivity index (χ1) is 9.99. The van der Waals surface area contributed by atoms with Crippen LogP contribution in [0, 0.1) is 0 Å². The molecule has 0 spiro atoms. The number of nitrogens with one attached hydrogen (secondary N) is 1. The molecular weight excluding hydrogens is 290 g/mol. The van der Waals surface area contributed by atoms with Gasteiger partial charge in [-0.3, -0.25) is 9.59 Å². The molecule has 0 aliphatic heterocycles. The van der Waals surface area contributed by atoms with Crippen LogP contribution in [-0.2, 0) is 11.2 Å². The Kier molecular flexibility index (Phi) is 4.60. The minimum atomic E-state index is -0.320. The summed E-state index contributed by atoms with van der Waals surface area (Å²) in [6.07, 6.45) is 0.0867. The largest absolute Gasteiger partial charge is 0.505 e. The molecule has 0 heterocycles. The van der Waals surface area contributed by atoms with E-state index in [0.29, 0.717) is 10.6 Å². The molecule has 21 heavy (non-hydrogen) atoms. The Morgan fingerprint density at radius 1 is 1.14 bits per heavy atom. The molecule has 0 radical (unpaired) electrons. The van der Waals surface area contributed by atoms with E-state index in [4.69, 9.17) is 11.6 Å². The minimum absolute atomic E-state index is 0.0867. The van der Waals surface area contributed by atoms with Gasteiger partial charge in [-0.05, 0) is 30.7 Å². The van der Waals surface area contributed by atoms with Gasteiger partial charge in [0.25, 0.3) is 0 Å². The number of hydrogen-bond acceptors (Lipinski definition) is 3. The number of hydrogen-bond donors (Lipinski definition) is 2. The van der Waals surface area contributed by atoms with Crippen molar-refractivity contribution in [3.05, 3.63) is 58.6 Å². The maximum absolute atomic E-state index is 12.0. The van der Waals surface area contributed by atoms with Crippen molar-refractivity contribution in [2.45, 2.75) is 13.3 Å². The van der Waals surface area contributed by atoms with Crippen LogP contribution in [0.15, 0.2) is 42.5 Å². The molecule has 2 aromatic carbocycles. The molecule has 0 aliphatic rings. The van der Waals surface area contributed by atoms with Gasteiger partial charge in [-0.2, -0.15) is 0 Å². The van der Waals surface area contributed by atoms with Gasteiger partial charge in [-0.15, -0.1) is 0 Å². The van der Waals surface area contributed by atoms with Crippen LogP contribution < -0.4 is 5.32 Å². The van der Waals surface area contributed by atoms with Crippen LogP contribution in [-0.4, -0.2) is 16.8 Å². The summed E-state index contributed by atoms with van der Waals surface area (Å²) in [6, 6.07) is 11.7. The number of phenols is 1. The summed E-state index contributed by atoms with van der Waals surface area (Å²) < 4.78 is 0. The summed E-state index contributed by atoms with van der Waals surface area (Å²) >= 11 is 6.00. The fraction of sp³-hybridized carbons (Fsp3) is 0.125. The second-order valence-electron chi connectivity index (χ2n) is 4.57. The van der Waals surface area contributed by atoms with E-state index < -0.39 is 0 Å². The normalized spacial score (nSPS) is 10.2. The van der Waals surface area contributed by atoms with Crippen molar-refractivity contribution in [1.29, 1.82) is 0 Å². The molecule has 5 heteroatoms. The first-order valence-electron chi connectivity index (χ1n) is 6.35. The lowest BCUT2D eigenvalue weighted by molar-refractivity contribution is -0.115. The van der Waals surface area contributed by atoms with Crippen LogP contribution in [0.25, 0.3) is 0 Å². The van der Waals surface area contributed by atoms with E-state index in [0.717, 1.165) is 0 Å². The zero-order valence-corrected chi connectivity index (χ0v) is 12.1. The number of halogens is 1. The summed E-state index contributed by atoms with van der Waals surface area (Å²) in [5.41, 5.74) is 1.07. The highest BCUT2D eigenvalue weighted by molar-refractivity contribution is 6.31. The maximum atomic E-state index is 12.0. The third kappa shape index (κ3) is 3.61. The topological polar surface area (TPSA) is 66.4 Å². The predicted molar refractivity (Wildman–Crippen MR) is 81.9 cm³/mol. The first-order valence-corrected chi connectivity index (χ1v) is 6.73. The van der Waals surface area contributed by atoms with Gasteiger partial charge < -0.3 is 10.4 Å². The van der Waals surface area contributed by atoms with Crippen molar-refractivity contribution in [2.75, 3.05) is 5.32 Å². The zero-order chi connectivity index (χ0) is 15.4. The quantitative estimate of drug-likeness (QED) is 0.672. The Balaban J connectivity index is 2.15. The molecule has 2 N–H and O–H groups in total. The molecular formula is C16H14ClNO3. The first kappa shape index (κ1) is 15.1. The summed E-state index contributed by atoms with van der Waals surface area (Å²) in [5.74, 6) is -0.814. The number of rotatable bonds is 4. The number of phenolic OH excluding ortho intramolecular Hbond substituents is 1. The van der Waals surface area contributed by atoms with Gasteiger partial charge >= 0.3 is 0 Å². The van der Waals surface area contributed by atoms with Crippen LogP contribution in [0.1, 0.15) is 22.8 Å². The second kappa shape index (κ2) is 6.41. The van der Waals surface area contributed by atoms with E-state index in [-0.39, 0.29) is 35.1 Å². The monoisotopic (exact) mass is 303 g/mol. The highest BCUT2D eigenvalue weighted by Crippen LogP contribution is 2.28. The Morgan fingerprint density at radius 2 is 1.86 bits per heavy atom. The van der Waals surface area contributed by atoms with Crippen molar-refractivity contribution in [3.8, 4) is 5.75 Å². The average molecular weight is 304 g/mol. The summed E-state index contributed by atoms with van der Waals surface area (Å²) in [6.45, 7) is 1.35. The fourth-order valence-electron chi connectivity index (χ4n) is 1.94. The molecule has 0 saturated carbocycles. The lowest BCUT2D eigenvalue weighted by Crippen LogP contribution is -2.15. The molecule has 0 atom stereocenters. The highest BCUT2D eigenvalue weighted by Gasteiger charge is 2.13. The van der Waals surface area contributed by atoms with Crippen molar-refractivity contribution in [3.63, 3.8) is 0 Å². The van der Waals surface area contributed by atoms with Gasteiger partial charge in [-0.1, -0.05) is 35.9 Å². The Bertz CT molecular complexity index is 698. The minimum Gasteiger partial charge on any atom is -0.505 e. The third-order valence-corrected chi connectivity index (χ3v) is 3.37. The highest BCUT2D eigenvalue weighted by atomic mass is 35.5. The van der Waals surface area contributed by atoms with E-state index >= 15 is 0 Å². The van der Waals surface area contributed by atoms with Gasteiger partial charge in [0, 0.05) is 5.02 Å². The number of Topliss-reactive ketones (excluding diaryl/α,β-unsaturated/α-hetero) is 1. The second-order valence-corrected chi connectivity index (χ2v) is 4.98. The van der Waals surface area contributed by atoms with Gasteiger partial charge in [0.2, 0.25) is 5.91 Å². The number of aromatic hydroxyl groups is 1. The van der Waals surface area contributed by atoms with Gasteiger partial charge in [0.1, 0.15) is 5.75 Å². The summed E-state index contributed by atoms with van der Waals surface area (Å²) in [7, 11) is 0. The number of benzene rings is 2. The molecule has 4 nitrogen and oxygen atoms in total. The average Bonchev–Trinajstić information content (AvgIpc) is 2.43. The summed E-state index contributed by atoms with van der Waals surface area (Å²) in [4.78, 5) is 23.4. The lowest BCUT2D eigenvalue weighted by Gasteiger charge is -2.10. The van der Waals surface area contributed by atoms with Crippen molar-refractivity contribution < 1.29 is 14.7 Å². The SMILES string of the molecule is CC(=O)c1cccc(NC(=O)Cc2ccccc2Cl)c1O. The van der Waals surface area contributed by atoms with Crippen LogP contribution in [0.3, 0.4) is 0 Å². The Hall–Kier alpha value is -2.33. The fourth-order valence-corrected chi connectivity index (χ4v) is 2.14. The number of amides is 1. The molecule has 0 aromatic heterocycles. The molecule has 0 fully saturated rings. The number of anilines is 1. The predicted octanol–water partition coefficient (Wildman–Crippen LogP) is 3.43. The molecule has 0 aliphatic carbocycles. The van der Waals surface area contributed by atoms with Crippen LogP contribution in [0.4, 0.5) is 5.69 Å². The zero-order valence-electron chi connectivity index (χ0n) is 11.4. The standard InChI is InChI=1S/C16H14ClNO3/c1-10(19)12-6-4-8-14(16(12)21)18-15(20)9-11-5-2-3-7-13(11)17/h2-8,21H,9H2,1H3,(H,18,20). The number of ketones is 1. The van der Waals surface area contributed by atoms with Gasteiger partial charge in [0.15, 0.2) is 5.78 Å². The van der Waals surface area contributed by atoms with Crippen LogP contribution in [0.5, 0.6) is 5.75 Å². The summed E-state index contributed by atoms with van der Waals surface area (Å²) in [5, 5.41) is 13.1. The van der Waals surface area contributed by atoms with Crippen LogP contribution >= 0.6 is 11.6 Å². The molecule has 2 aromatic rings. The Labute approximate surface area is 127 Å². The molecule has 108 valence electrons. The molecule has 1 amide bonds. The molecule has 0 unspecified atom stereocenters. The van der Waals surface area contributed by atoms with Crippen LogP contribution in [0.2, 0.25) is 5.02 Å². The van der Waals surface area contributed by atoms with Crippen molar-refractivity contribution >= 4 is 29.0 Å². The number of para-hydroxylation sites is 1. The molecule has 0 bridgehead atoms. The number of carbonyl (C=O) groups is 2. The maximum Gasteiger partial charge on any atom is 0.228 e. The third-order valence-electron chi connectivity index (χ3n) is 3.00. The molecule has 2 rings (SSSR count). The van der Waals surface area contributed by atoms with E-state index in [1.54, 1.807) is 30.3 Å². The Morgan fingerprint density at radius 3 is 2.52 bits per heavy atom. The van der Waals surface area contributed by atoms with Gasteiger partial charge in [-0.25, -0.2) is 0 Å². The van der Waals surface area contributed by atoms with E-state index in [9.17, 15) is 14.7 Å². The number of carbonyl (C=O) groups excluding carboxylic acids is 2. The van der Waals surface area contributed by atoms with E-state index in [1.807, 2.05) is 0 Å². The smallest absolute Gasteiger partial charge is 0.228 e. The van der Waals surface area contributed by atoms with Crippen molar-refractivity contribution in [1.82, 2.24) is 0 Å².